The van der Waals surface area contributed by atoms with Gasteiger partial charge in [-0.05, 0) is 72.5 Å². The van der Waals surface area contributed by atoms with E-state index in [1.807, 2.05) is 19.9 Å². The minimum atomic E-state index is -0.683. The van der Waals surface area contributed by atoms with E-state index in [0.717, 1.165) is 75.6 Å². The Labute approximate surface area is 257 Å². The number of nitrogens with one attached hydrogen (secondary N) is 4. The Morgan fingerprint density at radius 2 is 1.86 bits per heavy atom. The number of rotatable bonds is 10. The number of aromatic amines is 2. The van der Waals surface area contributed by atoms with E-state index in [2.05, 4.69) is 70.0 Å². The summed E-state index contributed by atoms with van der Waals surface area (Å²) >= 11 is 0. The predicted molar refractivity (Wildman–Crippen MR) is 173 cm³/mol. The normalized spacial score (nSPS) is 15.8. The monoisotopic (exact) mass is 595 g/mol. The van der Waals surface area contributed by atoms with Gasteiger partial charge in [-0.3, -0.25) is 4.79 Å². The molecule has 3 aromatic carbocycles. The second kappa shape index (κ2) is 12.7. The molecule has 0 aliphatic carbocycles. The number of nitrogens with zero attached hydrogens (tertiary/aromatic N) is 3. The summed E-state index contributed by atoms with van der Waals surface area (Å²) in [5.74, 6) is 1.48. The second-order valence-electron chi connectivity index (χ2n) is 12.1. The van der Waals surface area contributed by atoms with Crippen LogP contribution in [0.3, 0.4) is 0 Å². The molecular formula is C34H41N7O3. The minimum absolute atomic E-state index is 0.0959. The summed E-state index contributed by atoms with van der Waals surface area (Å²) in [6, 6.07) is 16.6. The van der Waals surface area contributed by atoms with Crippen LogP contribution in [0.1, 0.15) is 64.1 Å². The molecule has 2 atom stereocenters. The van der Waals surface area contributed by atoms with E-state index in [1.165, 1.54) is 13.5 Å². The molecule has 1 aliphatic rings. The highest BCUT2D eigenvalue weighted by atomic mass is 16.5. The summed E-state index contributed by atoms with van der Waals surface area (Å²) in [7, 11) is 1.30. The van der Waals surface area contributed by atoms with Crippen molar-refractivity contribution in [2.75, 3.05) is 20.2 Å². The summed E-state index contributed by atoms with van der Waals surface area (Å²) < 4.78 is 4.76. The van der Waals surface area contributed by atoms with Crippen molar-refractivity contribution in [3.8, 4) is 11.1 Å². The third kappa shape index (κ3) is 5.99. The van der Waals surface area contributed by atoms with Crippen molar-refractivity contribution in [2.45, 2.75) is 65.1 Å². The van der Waals surface area contributed by atoms with Gasteiger partial charge >= 0.3 is 6.09 Å². The van der Waals surface area contributed by atoms with Crippen molar-refractivity contribution in [3.05, 3.63) is 60.2 Å². The van der Waals surface area contributed by atoms with E-state index in [4.69, 9.17) is 14.7 Å². The second-order valence-corrected chi connectivity index (χ2v) is 12.1. The average Bonchev–Trinajstić information content (AvgIpc) is 3.80. The number of unbranched alkanes of at least 4 members (excludes halogenated alkanes) is 1. The molecule has 0 radical (unpaired) electrons. The van der Waals surface area contributed by atoms with Gasteiger partial charge in [0.25, 0.3) is 0 Å². The Balaban J connectivity index is 1.25. The van der Waals surface area contributed by atoms with Crippen LogP contribution in [0.2, 0.25) is 0 Å². The van der Waals surface area contributed by atoms with E-state index >= 15 is 0 Å². The van der Waals surface area contributed by atoms with Crippen LogP contribution >= 0.6 is 0 Å². The largest absolute Gasteiger partial charge is 0.453 e. The first-order valence-electron chi connectivity index (χ1n) is 15.6. The first kappa shape index (κ1) is 29.6. The van der Waals surface area contributed by atoms with Crippen LogP contribution in [0.5, 0.6) is 0 Å². The summed E-state index contributed by atoms with van der Waals surface area (Å²) in [6.07, 6.45) is 3.47. The molecule has 1 aliphatic heterocycles. The number of benzene rings is 3. The van der Waals surface area contributed by atoms with Gasteiger partial charge in [-0.1, -0.05) is 51.5 Å². The third-order valence-corrected chi connectivity index (χ3v) is 8.57. The number of ether oxygens (including phenoxy) is 1. The molecule has 1 fully saturated rings. The number of alkyl carbamates (subject to hydrolysis) is 1. The lowest BCUT2D eigenvalue weighted by atomic mass is 10.0. The van der Waals surface area contributed by atoms with E-state index in [-0.39, 0.29) is 11.8 Å². The van der Waals surface area contributed by atoms with E-state index < -0.39 is 12.1 Å². The number of amides is 2. The zero-order valence-electron chi connectivity index (χ0n) is 25.9. The van der Waals surface area contributed by atoms with Crippen LogP contribution in [0.15, 0.2) is 48.5 Å². The smallest absolute Gasteiger partial charge is 0.407 e. The van der Waals surface area contributed by atoms with Crippen LogP contribution in [0.4, 0.5) is 4.79 Å². The fraction of sp³-hybridized carbons (Fsp3) is 0.412. The van der Waals surface area contributed by atoms with Gasteiger partial charge in [0.15, 0.2) is 0 Å². The highest BCUT2D eigenvalue weighted by Gasteiger charge is 2.29. The number of imidazole rings is 2. The number of hydrogen-bond acceptors (Lipinski definition) is 6. The summed E-state index contributed by atoms with van der Waals surface area (Å²) in [4.78, 5) is 44.0. The van der Waals surface area contributed by atoms with E-state index in [9.17, 15) is 9.59 Å². The Hall–Kier alpha value is -4.44. The SMILES string of the molecule is CCCCN(Cc1nc2ccc(-c3ccc4c(ccc5[nH]c([C@@H]6CCCN6)nc54)c3)cc2[nH]1)C(=O)[C@@H](NC(=O)OC)C(C)C. The van der Waals surface area contributed by atoms with Crippen LogP contribution in [0, 0.1) is 5.92 Å². The van der Waals surface area contributed by atoms with Crippen molar-refractivity contribution in [2.24, 2.45) is 5.92 Å². The minimum Gasteiger partial charge on any atom is -0.453 e. The Kier molecular flexibility index (Phi) is 8.52. The van der Waals surface area contributed by atoms with Crippen LogP contribution < -0.4 is 10.6 Å². The molecule has 0 unspecified atom stereocenters. The van der Waals surface area contributed by atoms with Crippen LogP contribution in [-0.4, -0.2) is 63.1 Å². The van der Waals surface area contributed by atoms with E-state index in [0.29, 0.717) is 25.0 Å². The highest BCUT2D eigenvalue weighted by Crippen LogP contribution is 2.32. The van der Waals surface area contributed by atoms with Gasteiger partial charge < -0.3 is 30.2 Å². The standard InChI is InChI=1S/C34H41N7O3/c1-5-6-16-41(33(42)30(20(2)3)40-34(43)44-4)19-29-36-25-13-10-22(18-28(25)37-29)21-9-12-24-23(17-21)11-14-26-31(24)39-32(38-26)27-8-7-15-35-27/h9-14,17-18,20,27,30,35H,5-8,15-16,19H2,1-4H3,(H,36,37)(H,38,39)(H,40,43)/t27-,30-/m0/s1. The van der Waals surface area contributed by atoms with Crippen molar-refractivity contribution < 1.29 is 14.3 Å². The van der Waals surface area contributed by atoms with Crippen molar-refractivity contribution in [3.63, 3.8) is 0 Å². The predicted octanol–water partition coefficient (Wildman–Crippen LogP) is 6.19. The van der Waals surface area contributed by atoms with Gasteiger partial charge in [-0.25, -0.2) is 14.8 Å². The fourth-order valence-electron chi connectivity index (χ4n) is 6.09. The number of carbonyl (C=O) groups is 2. The zero-order chi connectivity index (χ0) is 30.8. The number of H-pyrrole nitrogens is 2. The van der Waals surface area contributed by atoms with E-state index in [1.54, 1.807) is 4.90 Å². The maximum Gasteiger partial charge on any atom is 0.407 e. The quantitative estimate of drug-likeness (QED) is 0.152. The molecule has 44 heavy (non-hydrogen) atoms. The van der Waals surface area contributed by atoms with Crippen LogP contribution in [0.25, 0.3) is 44.0 Å². The summed E-state index contributed by atoms with van der Waals surface area (Å²) in [5, 5.41) is 8.51. The molecule has 3 heterocycles. The van der Waals surface area contributed by atoms with Gasteiger partial charge in [0.05, 0.1) is 41.8 Å². The fourth-order valence-corrected chi connectivity index (χ4v) is 6.09. The lowest BCUT2D eigenvalue weighted by Crippen LogP contribution is -2.51. The lowest BCUT2D eigenvalue weighted by Gasteiger charge is -2.29. The number of methoxy groups -OCH3 is 1. The molecule has 0 spiro atoms. The number of hydrogen-bond donors (Lipinski definition) is 4. The molecule has 0 saturated carbocycles. The Morgan fingerprint density at radius 3 is 2.61 bits per heavy atom. The van der Waals surface area contributed by atoms with Crippen molar-refractivity contribution in [1.82, 2.24) is 35.5 Å². The zero-order valence-corrected chi connectivity index (χ0v) is 25.9. The van der Waals surface area contributed by atoms with Gasteiger partial charge in [-0.2, -0.15) is 0 Å². The molecule has 5 aromatic rings. The number of aromatic nitrogens is 4. The lowest BCUT2D eigenvalue weighted by molar-refractivity contribution is -0.135. The van der Waals surface area contributed by atoms with Crippen molar-refractivity contribution in [1.29, 1.82) is 0 Å². The maximum atomic E-state index is 13.6. The number of carbonyl (C=O) groups excluding carboxylic acids is 2. The van der Waals surface area contributed by atoms with Crippen LogP contribution in [-0.2, 0) is 16.1 Å². The van der Waals surface area contributed by atoms with Gasteiger partial charge in [0.2, 0.25) is 5.91 Å². The molecule has 0 bridgehead atoms. The molecule has 10 nitrogen and oxygen atoms in total. The van der Waals surface area contributed by atoms with Crippen molar-refractivity contribution >= 4 is 44.8 Å². The summed E-state index contributed by atoms with van der Waals surface area (Å²) in [6.45, 7) is 7.85. The number of fused-ring (bicyclic) bond motifs is 4. The molecule has 4 N–H and O–H groups in total. The average molecular weight is 596 g/mol. The Bertz CT molecular complexity index is 1800. The molecule has 10 heteroatoms. The topological polar surface area (TPSA) is 128 Å². The molecule has 230 valence electrons. The third-order valence-electron chi connectivity index (χ3n) is 8.57. The summed E-state index contributed by atoms with van der Waals surface area (Å²) in [5.41, 5.74) is 6.00. The van der Waals surface area contributed by atoms with Gasteiger partial charge in [-0.15, -0.1) is 0 Å². The first-order chi connectivity index (χ1) is 21.3. The Morgan fingerprint density at radius 1 is 1.05 bits per heavy atom. The molecular weight excluding hydrogens is 554 g/mol. The maximum absolute atomic E-state index is 13.6. The molecule has 2 amide bonds. The molecule has 6 rings (SSSR count). The van der Waals surface area contributed by atoms with Gasteiger partial charge in [0, 0.05) is 11.9 Å². The first-order valence-corrected chi connectivity index (χ1v) is 15.6. The highest BCUT2D eigenvalue weighted by molar-refractivity contribution is 6.05. The molecule has 2 aromatic heterocycles. The molecule has 1 saturated heterocycles. The van der Waals surface area contributed by atoms with Gasteiger partial charge in [0.1, 0.15) is 17.7 Å².